The van der Waals surface area contributed by atoms with Gasteiger partial charge in [0, 0.05) is 31.6 Å². The molecule has 0 aliphatic carbocycles. The molecule has 0 spiro atoms. The average molecular weight is 560 g/mol. The number of rotatable bonds is 9. The number of carbonyl (C=O) groups is 2. The van der Waals surface area contributed by atoms with Gasteiger partial charge in [0.1, 0.15) is 10.7 Å². The Balaban J connectivity index is 1.49. The lowest BCUT2D eigenvalue weighted by atomic mass is 9.98. The summed E-state index contributed by atoms with van der Waals surface area (Å²) in [5.41, 5.74) is 2.32. The van der Waals surface area contributed by atoms with Crippen molar-refractivity contribution in [2.45, 2.75) is 52.5 Å². The molecule has 0 unspecified atom stereocenters. The number of esters is 1. The number of hydrogen-bond donors (Lipinski definition) is 0. The molecule has 0 bridgehead atoms. The van der Waals surface area contributed by atoms with Crippen molar-refractivity contribution in [1.29, 1.82) is 0 Å². The molecule has 0 radical (unpaired) electrons. The van der Waals surface area contributed by atoms with Gasteiger partial charge in [-0.2, -0.15) is 13.2 Å². The molecule has 6 nitrogen and oxygen atoms in total. The van der Waals surface area contributed by atoms with E-state index >= 15 is 0 Å². The summed E-state index contributed by atoms with van der Waals surface area (Å²) in [6.07, 6.45) is -3.01. The molecule has 1 fully saturated rings. The lowest BCUT2D eigenvalue weighted by Gasteiger charge is -2.31. The molecule has 1 amide bonds. The fourth-order valence-corrected chi connectivity index (χ4v) is 5.48. The third-order valence-electron chi connectivity index (χ3n) is 6.65. The van der Waals surface area contributed by atoms with Crippen LogP contribution >= 0.6 is 11.3 Å². The van der Waals surface area contributed by atoms with Crippen LogP contribution in [0, 0.1) is 12.8 Å². The summed E-state index contributed by atoms with van der Waals surface area (Å²) in [4.78, 5) is 33.6. The summed E-state index contributed by atoms with van der Waals surface area (Å²) in [6.45, 7) is 6.08. The first kappa shape index (κ1) is 28.8. The van der Waals surface area contributed by atoms with Gasteiger partial charge in [-0.15, -0.1) is 11.3 Å². The first-order chi connectivity index (χ1) is 18.6. The van der Waals surface area contributed by atoms with Crippen molar-refractivity contribution in [2.24, 2.45) is 5.92 Å². The number of amides is 1. The van der Waals surface area contributed by atoms with Crippen molar-refractivity contribution in [3.63, 3.8) is 0 Å². The highest BCUT2D eigenvalue weighted by molar-refractivity contribution is 7.09. The van der Waals surface area contributed by atoms with E-state index in [1.807, 2.05) is 36.1 Å². The molecule has 4 rings (SSSR count). The Kier molecular flexibility index (Phi) is 9.40. The summed E-state index contributed by atoms with van der Waals surface area (Å²) in [6, 6.07) is 13.4. The number of hydrogen-bond acceptors (Lipinski definition) is 6. The minimum Gasteiger partial charge on any atom is -0.466 e. The highest BCUT2D eigenvalue weighted by atomic mass is 32.1. The molecule has 2 aromatic carbocycles. The van der Waals surface area contributed by atoms with E-state index in [1.165, 1.54) is 23.5 Å². The van der Waals surface area contributed by atoms with Crippen LogP contribution in [0.25, 0.3) is 0 Å². The minimum atomic E-state index is -4.41. The van der Waals surface area contributed by atoms with Crippen LogP contribution in [0.3, 0.4) is 0 Å². The van der Waals surface area contributed by atoms with E-state index in [2.05, 4.69) is 4.98 Å². The fourth-order valence-electron chi connectivity index (χ4n) is 4.67. The van der Waals surface area contributed by atoms with Gasteiger partial charge >= 0.3 is 12.1 Å². The summed E-state index contributed by atoms with van der Waals surface area (Å²) >= 11 is 1.34. The molecule has 1 atom stereocenters. The molecule has 1 aromatic heterocycles. The zero-order chi connectivity index (χ0) is 28.0. The van der Waals surface area contributed by atoms with Gasteiger partial charge in [0.15, 0.2) is 0 Å². The Hall–Kier alpha value is -3.24. The van der Waals surface area contributed by atoms with Crippen molar-refractivity contribution in [3.05, 3.63) is 86.9 Å². The van der Waals surface area contributed by atoms with Gasteiger partial charge in [-0.05, 0) is 43.9 Å². The predicted molar refractivity (Wildman–Crippen MR) is 143 cm³/mol. The van der Waals surface area contributed by atoms with E-state index in [-0.39, 0.29) is 24.3 Å². The molecule has 208 valence electrons. The molecular weight excluding hydrogens is 527 g/mol. The zero-order valence-electron chi connectivity index (χ0n) is 22.0. The standard InChI is InChI=1S/C29H32F3N3O3S/c1-3-38-28(37)23-7-5-13-35(17-23)27(36)25-19-39-26(33-25)18-34(15-21-11-9-20(2)10-12-21)16-22-6-4-8-24(14-22)29(30,31)32/h4,6,8-12,14,19,23H,3,5,7,13,15-18H2,1-2H3/t23-/m1/s1. The van der Waals surface area contributed by atoms with Gasteiger partial charge in [-0.25, -0.2) is 4.98 Å². The number of nitrogens with zero attached hydrogens (tertiary/aromatic N) is 3. The Bertz CT molecular complexity index is 1280. The van der Waals surface area contributed by atoms with Crippen LogP contribution in [0.4, 0.5) is 13.2 Å². The lowest BCUT2D eigenvalue weighted by molar-refractivity contribution is -0.149. The number of likely N-dealkylation sites (tertiary alicyclic amines) is 1. The maximum Gasteiger partial charge on any atom is 0.416 e. The second kappa shape index (κ2) is 12.7. The van der Waals surface area contributed by atoms with Crippen molar-refractivity contribution in [3.8, 4) is 0 Å². The summed E-state index contributed by atoms with van der Waals surface area (Å²) in [7, 11) is 0. The summed E-state index contributed by atoms with van der Waals surface area (Å²) < 4.78 is 45.0. The van der Waals surface area contributed by atoms with Crippen LogP contribution in [0.5, 0.6) is 0 Å². The molecule has 1 aliphatic heterocycles. The van der Waals surface area contributed by atoms with Crippen molar-refractivity contribution in [1.82, 2.24) is 14.8 Å². The van der Waals surface area contributed by atoms with Crippen LogP contribution in [0.15, 0.2) is 53.9 Å². The number of carbonyl (C=O) groups excluding carboxylic acids is 2. The van der Waals surface area contributed by atoms with Crippen LogP contribution < -0.4 is 0 Å². The Morgan fingerprint density at radius 3 is 2.56 bits per heavy atom. The second-order valence-corrected chi connectivity index (χ2v) is 10.7. The molecular formula is C29H32F3N3O3S. The Labute approximate surface area is 230 Å². The molecule has 3 aromatic rings. The van der Waals surface area contributed by atoms with Gasteiger partial charge in [0.25, 0.3) is 5.91 Å². The van der Waals surface area contributed by atoms with Crippen molar-refractivity contribution < 1.29 is 27.5 Å². The van der Waals surface area contributed by atoms with Gasteiger partial charge in [0.05, 0.1) is 24.6 Å². The first-order valence-corrected chi connectivity index (χ1v) is 13.8. The SMILES string of the molecule is CCOC(=O)[C@@H]1CCCN(C(=O)c2csc(CN(Cc3ccc(C)cc3)Cc3cccc(C(F)(F)F)c3)n2)C1. The number of benzene rings is 2. The van der Waals surface area contributed by atoms with Crippen molar-refractivity contribution >= 4 is 23.2 Å². The van der Waals surface area contributed by atoms with Gasteiger partial charge in [-0.1, -0.05) is 48.0 Å². The summed E-state index contributed by atoms with van der Waals surface area (Å²) in [5.74, 6) is -0.844. The monoisotopic (exact) mass is 559 g/mol. The van der Waals surface area contributed by atoms with E-state index in [4.69, 9.17) is 4.74 Å². The number of alkyl halides is 3. The highest BCUT2D eigenvalue weighted by Crippen LogP contribution is 2.30. The van der Waals surface area contributed by atoms with E-state index in [9.17, 15) is 22.8 Å². The zero-order valence-corrected chi connectivity index (χ0v) is 22.9. The first-order valence-electron chi connectivity index (χ1n) is 13.0. The number of piperidine rings is 1. The van der Waals surface area contributed by atoms with Crippen LogP contribution in [0.2, 0.25) is 0 Å². The van der Waals surface area contributed by atoms with E-state index < -0.39 is 11.7 Å². The largest absolute Gasteiger partial charge is 0.466 e. The minimum absolute atomic E-state index is 0.227. The number of ether oxygens (including phenoxy) is 1. The van der Waals surface area contributed by atoms with Gasteiger partial charge < -0.3 is 9.64 Å². The summed E-state index contributed by atoms with van der Waals surface area (Å²) in [5, 5.41) is 2.40. The van der Waals surface area contributed by atoms with E-state index in [0.717, 1.165) is 17.2 Å². The normalized spacial score (nSPS) is 15.9. The number of aryl methyl sites for hydroxylation is 1. The van der Waals surface area contributed by atoms with Gasteiger partial charge in [-0.3, -0.25) is 14.5 Å². The molecule has 0 saturated carbocycles. The fraction of sp³-hybridized carbons (Fsp3) is 0.414. The molecule has 1 saturated heterocycles. The molecule has 39 heavy (non-hydrogen) atoms. The molecule has 1 aliphatic rings. The Morgan fingerprint density at radius 2 is 1.85 bits per heavy atom. The molecule has 2 heterocycles. The van der Waals surface area contributed by atoms with Gasteiger partial charge in [0.2, 0.25) is 0 Å². The predicted octanol–water partition coefficient (Wildman–Crippen LogP) is 6.09. The maximum absolute atomic E-state index is 13.3. The molecule has 0 N–H and O–H groups in total. The molecule has 10 heteroatoms. The highest BCUT2D eigenvalue weighted by Gasteiger charge is 2.32. The lowest BCUT2D eigenvalue weighted by Crippen LogP contribution is -2.43. The van der Waals surface area contributed by atoms with Crippen LogP contribution in [0.1, 0.15) is 57.5 Å². The number of halogens is 3. The third kappa shape index (κ3) is 7.89. The van der Waals surface area contributed by atoms with Crippen LogP contribution in [-0.2, 0) is 35.3 Å². The topological polar surface area (TPSA) is 62.7 Å². The van der Waals surface area contributed by atoms with Crippen LogP contribution in [-0.4, -0.2) is 46.4 Å². The number of thiazole rings is 1. The number of aromatic nitrogens is 1. The second-order valence-electron chi connectivity index (χ2n) is 9.80. The smallest absolute Gasteiger partial charge is 0.416 e. The quantitative estimate of drug-likeness (QED) is 0.297. The third-order valence-corrected chi connectivity index (χ3v) is 7.48. The van der Waals surface area contributed by atoms with Crippen molar-refractivity contribution in [2.75, 3.05) is 19.7 Å². The van der Waals surface area contributed by atoms with E-state index in [0.29, 0.717) is 61.9 Å². The Morgan fingerprint density at radius 1 is 1.10 bits per heavy atom. The average Bonchev–Trinajstić information content (AvgIpc) is 3.38. The van der Waals surface area contributed by atoms with E-state index in [1.54, 1.807) is 23.3 Å². The maximum atomic E-state index is 13.3.